The molecule has 0 heterocycles. The first kappa shape index (κ1) is 29.8. The topological polar surface area (TPSA) is 86.8 Å². The monoisotopic (exact) mass is 595 g/mol. The summed E-state index contributed by atoms with van der Waals surface area (Å²) in [5.74, 6) is -0.970. The number of aryl methyl sites for hydroxylation is 1. The lowest BCUT2D eigenvalue weighted by atomic mass is 10.1. The van der Waals surface area contributed by atoms with E-state index in [2.05, 4.69) is 5.32 Å². The lowest BCUT2D eigenvalue weighted by Crippen LogP contribution is -2.51. The van der Waals surface area contributed by atoms with Crippen molar-refractivity contribution >= 4 is 62.3 Å². The highest BCUT2D eigenvalue weighted by atomic mass is 35.5. The summed E-state index contributed by atoms with van der Waals surface area (Å²) < 4.78 is 28.5. The van der Waals surface area contributed by atoms with Gasteiger partial charge in [-0.2, -0.15) is 0 Å². The summed E-state index contributed by atoms with van der Waals surface area (Å²) >= 11 is 18.4. The van der Waals surface area contributed by atoms with Crippen molar-refractivity contribution in [2.75, 3.05) is 17.4 Å². The van der Waals surface area contributed by atoms with E-state index in [1.807, 2.05) is 6.92 Å². The summed E-state index contributed by atoms with van der Waals surface area (Å²) in [6.07, 6.45) is 0. The van der Waals surface area contributed by atoms with Crippen LogP contribution in [0.1, 0.15) is 25.0 Å². The van der Waals surface area contributed by atoms with E-state index in [0.717, 1.165) is 9.87 Å². The van der Waals surface area contributed by atoms with Gasteiger partial charge in [0.25, 0.3) is 10.0 Å². The Morgan fingerprint density at radius 2 is 1.63 bits per heavy atom. The molecule has 202 valence electrons. The summed E-state index contributed by atoms with van der Waals surface area (Å²) in [6, 6.07) is 16.6. The molecular weight excluding hydrogens is 569 g/mol. The van der Waals surface area contributed by atoms with Crippen LogP contribution in [0.25, 0.3) is 0 Å². The van der Waals surface area contributed by atoms with Gasteiger partial charge in [-0.15, -0.1) is 0 Å². The van der Waals surface area contributed by atoms with Crippen LogP contribution < -0.4 is 9.62 Å². The number of rotatable bonds is 10. The maximum atomic E-state index is 13.8. The van der Waals surface area contributed by atoms with E-state index in [1.54, 1.807) is 62.4 Å². The first-order valence-electron chi connectivity index (χ1n) is 11.8. The van der Waals surface area contributed by atoms with Gasteiger partial charge in [0.15, 0.2) is 0 Å². The SMILES string of the molecule is CCNC(=O)[C@H](C)N(Cc1ccc(Cl)c(Cl)c1)C(=O)CN(c1cccc(Cl)c1)S(=O)(=O)c1ccc(C)cc1. The molecule has 0 radical (unpaired) electrons. The van der Waals surface area contributed by atoms with E-state index in [-0.39, 0.29) is 23.0 Å². The number of carbonyl (C=O) groups excluding carboxylic acids is 2. The minimum absolute atomic E-state index is 0.00197. The smallest absolute Gasteiger partial charge is 0.264 e. The van der Waals surface area contributed by atoms with E-state index in [0.29, 0.717) is 27.2 Å². The average Bonchev–Trinajstić information content (AvgIpc) is 2.87. The van der Waals surface area contributed by atoms with Gasteiger partial charge in [0, 0.05) is 18.1 Å². The Balaban J connectivity index is 2.04. The van der Waals surface area contributed by atoms with Gasteiger partial charge in [0.2, 0.25) is 11.8 Å². The van der Waals surface area contributed by atoms with Crippen molar-refractivity contribution in [3.63, 3.8) is 0 Å². The molecule has 3 aromatic rings. The summed E-state index contributed by atoms with van der Waals surface area (Å²) in [7, 11) is -4.17. The van der Waals surface area contributed by atoms with Gasteiger partial charge in [-0.3, -0.25) is 13.9 Å². The highest BCUT2D eigenvalue weighted by Gasteiger charge is 2.32. The van der Waals surface area contributed by atoms with Gasteiger partial charge >= 0.3 is 0 Å². The minimum atomic E-state index is -4.17. The number of benzene rings is 3. The lowest BCUT2D eigenvalue weighted by molar-refractivity contribution is -0.139. The van der Waals surface area contributed by atoms with Crippen LogP contribution in [-0.4, -0.2) is 44.3 Å². The Morgan fingerprint density at radius 1 is 0.947 bits per heavy atom. The molecule has 38 heavy (non-hydrogen) atoms. The van der Waals surface area contributed by atoms with Crippen molar-refractivity contribution in [2.24, 2.45) is 0 Å². The Hall–Kier alpha value is -2.78. The zero-order valence-electron chi connectivity index (χ0n) is 21.1. The van der Waals surface area contributed by atoms with Crippen molar-refractivity contribution in [3.05, 3.63) is 92.9 Å². The molecule has 0 aliphatic heterocycles. The molecule has 0 aliphatic carbocycles. The molecule has 0 bridgehead atoms. The summed E-state index contributed by atoms with van der Waals surface area (Å²) in [5, 5.41) is 3.66. The summed E-state index contributed by atoms with van der Waals surface area (Å²) in [6.45, 7) is 5.00. The predicted octanol–water partition coefficient (Wildman–Crippen LogP) is 5.70. The van der Waals surface area contributed by atoms with Crippen LogP contribution >= 0.6 is 34.8 Å². The molecule has 11 heteroatoms. The molecule has 1 atom stereocenters. The number of hydrogen-bond donors (Lipinski definition) is 1. The van der Waals surface area contributed by atoms with Crippen LogP contribution in [-0.2, 0) is 26.2 Å². The van der Waals surface area contributed by atoms with Crippen molar-refractivity contribution in [3.8, 4) is 0 Å². The second-order valence-electron chi connectivity index (χ2n) is 8.65. The Morgan fingerprint density at radius 3 is 2.24 bits per heavy atom. The average molecular weight is 597 g/mol. The third-order valence-electron chi connectivity index (χ3n) is 5.84. The quantitative estimate of drug-likeness (QED) is 0.325. The number of halogens is 3. The highest BCUT2D eigenvalue weighted by molar-refractivity contribution is 7.92. The molecule has 0 spiro atoms. The Labute approximate surface area is 238 Å². The van der Waals surface area contributed by atoms with Crippen LogP contribution in [0.15, 0.2) is 71.6 Å². The molecule has 3 aromatic carbocycles. The number of carbonyl (C=O) groups is 2. The number of nitrogens with zero attached hydrogens (tertiary/aromatic N) is 2. The van der Waals surface area contributed by atoms with Crippen LogP contribution in [0.5, 0.6) is 0 Å². The van der Waals surface area contributed by atoms with E-state index < -0.39 is 28.5 Å². The molecule has 1 N–H and O–H groups in total. The second-order valence-corrected chi connectivity index (χ2v) is 11.8. The Kier molecular flexibility index (Phi) is 10.1. The third-order valence-corrected chi connectivity index (χ3v) is 8.60. The number of anilines is 1. The third kappa shape index (κ3) is 7.20. The van der Waals surface area contributed by atoms with E-state index >= 15 is 0 Å². The highest BCUT2D eigenvalue weighted by Crippen LogP contribution is 2.28. The van der Waals surface area contributed by atoms with Crippen LogP contribution in [0.4, 0.5) is 5.69 Å². The van der Waals surface area contributed by atoms with Gasteiger partial charge in [0.05, 0.1) is 20.6 Å². The van der Waals surface area contributed by atoms with E-state index in [1.165, 1.54) is 23.1 Å². The number of hydrogen-bond acceptors (Lipinski definition) is 4. The van der Waals surface area contributed by atoms with Gasteiger partial charge in [-0.25, -0.2) is 8.42 Å². The van der Waals surface area contributed by atoms with Crippen LogP contribution in [0, 0.1) is 6.92 Å². The van der Waals surface area contributed by atoms with Crippen molar-refractivity contribution < 1.29 is 18.0 Å². The maximum Gasteiger partial charge on any atom is 0.264 e. The number of nitrogens with one attached hydrogen (secondary N) is 1. The predicted molar refractivity (Wildman–Crippen MR) is 152 cm³/mol. The summed E-state index contributed by atoms with van der Waals surface area (Å²) in [4.78, 5) is 27.9. The molecular formula is C27H28Cl3N3O4S. The maximum absolute atomic E-state index is 13.8. The number of likely N-dealkylation sites (N-methyl/N-ethyl adjacent to an activating group) is 1. The first-order chi connectivity index (χ1) is 17.9. The molecule has 0 aromatic heterocycles. The van der Waals surface area contributed by atoms with Crippen molar-refractivity contribution in [1.82, 2.24) is 10.2 Å². The minimum Gasteiger partial charge on any atom is -0.355 e. The molecule has 0 saturated heterocycles. The van der Waals surface area contributed by atoms with E-state index in [4.69, 9.17) is 34.8 Å². The molecule has 0 unspecified atom stereocenters. The normalized spacial score (nSPS) is 12.1. The van der Waals surface area contributed by atoms with Crippen LogP contribution in [0.2, 0.25) is 15.1 Å². The summed E-state index contributed by atoms with van der Waals surface area (Å²) in [5.41, 5.74) is 1.73. The zero-order valence-corrected chi connectivity index (χ0v) is 24.2. The fourth-order valence-electron chi connectivity index (χ4n) is 3.74. The second kappa shape index (κ2) is 12.8. The molecule has 0 saturated carbocycles. The molecule has 0 fully saturated rings. The van der Waals surface area contributed by atoms with E-state index in [9.17, 15) is 18.0 Å². The molecule has 7 nitrogen and oxygen atoms in total. The number of amides is 2. The van der Waals surface area contributed by atoms with Crippen molar-refractivity contribution in [1.29, 1.82) is 0 Å². The molecule has 3 rings (SSSR count). The van der Waals surface area contributed by atoms with Crippen molar-refractivity contribution in [2.45, 2.75) is 38.3 Å². The zero-order chi connectivity index (χ0) is 28.0. The van der Waals surface area contributed by atoms with Gasteiger partial charge < -0.3 is 10.2 Å². The number of sulfonamides is 1. The fourth-order valence-corrected chi connectivity index (χ4v) is 5.65. The van der Waals surface area contributed by atoms with Crippen LogP contribution in [0.3, 0.4) is 0 Å². The first-order valence-corrected chi connectivity index (χ1v) is 14.4. The van der Waals surface area contributed by atoms with Gasteiger partial charge in [-0.1, -0.05) is 64.6 Å². The fraction of sp³-hybridized carbons (Fsp3) is 0.259. The van der Waals surface area contributed by atoms with Gasteiger partial charge in [-0.05, 0) is 68.8 Å². The standard InChI is InChI=1S/C27H28Cl3N3O4S/c1-4-31-27(35)19(3)32(16-20-10-13-24(29)25(30)14-20)26(34)17-33(22-7-5-6-21(28)15-22)38(36,37)23-11-8-18(2)9-12-23/h5-15,19H,4,16-17H2,1-3H3,(H,31,35)/t19-/m0/s1. The van der Waals surface area contributed by atoms with Gasteiger partial charge in [0.1, 0.15) is 12.6 Å². The molecule has 2 amide bonds. The Bertz CT molecular complexity index is 1420. The molecule has 0 aliphatic rings. The largest absolute Gasteiger partial charge is 0.355 e. The lowest BCUT2D eigenvalue weighted by Gasteiger charge is -2.32.